The molecule has 0 bridgehead atoms. The molecular formula is C17H19N3O4. The molecule has 4 rings (SSSR count). The maximum atomic E-state index is 12.6. The lowest BCUT2D eigenvalue weighted by Crippen LogP contribution is -2.46. The van der Waals surface area contributed by atoms with Crippen molar-refractivity contribution in [2.24, 2.45) is 0 Å². The molecule has 1 saturated heterocycles. The Bertz CT molecular complexity index is 899. The van der Waals surface area contributed by atoms with Gasteiger partial charge in [0.1, 0.15) is 11.1 Å². The largest absolute Gasteiger partial charge is 0.477 e. The molecule has 1 aromatic heterocycles. The molecule has 1 unspecified atom stereocenters. The van der Waals surface area contributed by atoms with Crippen LogP contribution in [0.1, 0.15) is 30.1 Å². The number of nitrogens with zero attached hydrogens (tertiary/aromatic N) is 3. The summed E-state index contributed by atoms with van der Waals surface area (Å²) in [7, 11) is 1.81. The van der Waals surface area contributed by atoms with E-state index >= 15 is 0 Å². The van der Waals surface area contributed by atoms with Crippen LogP contribution < -0.4 is 20.1 Å². The van der Waals surface area contributed by atoms with E-state index in [1.807, 2.05) is 20.0 Å². The molecule has 1 aromatic carbocycles. The monoisotopic (exact) mass is 329 g/mol. The van der Waals surface area contributed by atoms with Crippen LogP contribution in [0.2, 0.25) is 0 Å². The number of aromatic carboxylic acids is 1. The number of hydrogen-bond acceptors (Lipinski definition) is 5. The van der Waals surface area contributed by atoms with Crippen molar-refractivity contribution in [3.05, 3.63) is 34.1 Å². The minimum absolute atomic E-state index is 0.233. The minimum Gasteiger partial charge on any atom is -0.477 e. The SMILES string of the molecule is CC1Oc2c(N3CCCC3)ccc3c(=O)c(C(=O)O)cn(c23)N1C. The zero-order chi connectivity index (χ0) is 17.0. The lowest BCUT2D eigenvalue weighted by Gasteiger charge is -2.37. The third-order valence-electron chi connectivity index (χ3n) is 4.91. The highest BCUT2D eigenvalue weighted by molar-refractivity contribution is 5.97. The number of carboxylic acid groups (broad SMARTS) is 1. The summed E-state index contributed by atoms with van der Waals surface area (Å²) in [6.07, 6.45) is 3.40. The molecule has 0 saturated carbocycles. The molecule has 7 heteroatoms. The fourth-order valence-electron chi connectivity index (χ4n) is 3.51. The number of hydrogen-bond donors (Lipinski definition) is 1. The number of anilines is 1. The number of rotatable bonds is 2. The van der Waals surface area contributed by atoms with E-state index in [-0.39, 0.29) is 11.8 Å². The van der Waals surface area contributed by atoms with Crippen molar-refractivity contribution >= 4 is 22.6 Å². The Morgan fingerprint density at radius 2 is 2.00 bits per heavy atom. The second-order valence-corrected chi connectivity index (χ2v) is 6.32. The van der Waals surface area contributed by atoms with Crippen LogP contribution in [-0.2, 0) is 0 Å². The van der Waals surface area contributed by atoms with Crippen molar-refractivity contribution in [2.45, 2.75) is 26.0 Å². The van der Waals surface area contributed by atoms with Crippen LogP contribution in [-0.4, -0.2) is 42.1 Å². The number of pyridine rings is 1. The van der Waals surface area contributed by atoms with Gasteiger partial charge < -0.3 is 14.7 Å². The van der Waals surface area contributed by atoms with Gasteiger partial charge in [-0.25, -0.2) is 4.79 Å². The topological polar surface area (TPSA) is 75.0 Å². The molecule has 0 radical (unpaired) electrons. The molecular weight excluding hydrogens is 310 g/mol. The highest BCUT2D eigenvalue weighted by Gasteiger charge is 2.30. The van der Waals surface area contributed by atoms with E-state index in [1.165, 1.54) is 6.20 Å². The molecule has 0 aliphatic carbocycles. The molecule has 3 heterocycles. The summed E-state index contributed by atoms with van der Waals surface area (Å²) in [6, 6.07) is 3.59. The summed E-state index contributed by atoms with van der Waals surface area (Å²) in [5, 5.41) is 11.5. The third kappa shape index (κ3) is 1.97. The molecule has 126 valence electrons. The van der Waals surface area contributed by atoms with Gasteiger partial charge >= 0.3 is 5.97 Å². The summed E-state index contributed by atoms with van der Waals surface area (Å²) >= 11 is 0. The maximum Gasteiger partial charge on any atom is 0.341 e. The number of benzene rings is 1. The lowest BCUT2D eigenvalue weighted by atomic mass is 10.1. The van der Waals surface area contributed by atoms with Gasteiger partial charge in [-0.15, -0.1) is 0 Å². The van der Waals surface area contributed by atoms with Gasteiger partial charge in [0.25, 0.3) is 0 Å². The van der Waals surface area contributed by atoms with Crippen LogP contribution in [0.4, 0.5) is 5.69 Å². The summed E-state index contributed by atoms with van der Waals surface area (Å²) in [6.45, 7) is 3.82. The fourth-order valence-corrected chi connectivity index (χ4v) is 3.51. The van der Waals surface area contributed by atoms with E-state index in [9.17, 15) is 14.7 Å². The predicted octanol–water partition coefficient (Wildman–Crippen LogP) is 1.61. The summed E-state index contributed by atoms with van der Waals surface area (Å²) in [5.74, 6) is -0.558. The summed E-state index contributed by atoms with van der Waals surface area (Å²) in [5.41, 5.74) is 0.893. The van der Waals surface area contributed by atoms with Crippen LogP contribution in [0, 0.1) is 0 Å². The molecule has 1 N–H and O–H groups in total. The van der Waals surface area contributed by atoms with Crippen molar-refractivity contribution in [3.63, 3.8) is 0 Å². The Balaban J connectivity index is 2.07. The van der Waals surface area contributed by atoms with Crippen molar-refractivity contribution in [3.8, 4) is 5.75 Å². The van der Waals surface area contributed by atoms with Gasteiger partial charge in [0.2, 0.25) is 5.43 Å². The Hall–Kier alpha value is -2.70. The van der Waals surface area contributed by atoms with Crippen molar-refractivity contribution < 1.29 is 14.6 Å². The standard InChI is InChI=1S/C17H19N3O4/c1-10-18(2)20-9-12(17(22)23)15(21)11-5-6-13(16(24-10)14(11)20)19-7-3-4-8-19/h5-6,9-10H,3-4,7-8H2,1-2H3,(H,22,23). The molecule has 2 aromatic rings. The summed E-state index contributed by atoms with van der Waals surface area (Å²) < 4.78 is 7.82. The van der Waals surface area contributed by atoms with Gasteiger partial charge in [-0.05, 0) is 31.9 Å². The first kappa shape index (κ1) is 14.9. The molecule has 0 amide bonds. The Labute approximate surface area is 138 Å². The van der Waals surface area contributed by atoms with Gasteiger partial charge in [-0.1, -0.05) is 0 Å². The van der Waals surface area contributed by atoms with Gasteiger partial charge in [0, 0.05) is 26.3 Å². The van der Waals surface area contributed by atoms with E-state index in [0.717, 1.165) is 31.6 Å². The number of aromatic nitrogens is 1. The zero-order valence-electron chi connectivity index (χ0n) is 13.7. The van der Waals surface area contributed by atoms with Crippen LogP contribution in [0.5, 0.6) is 5.75 Å². The van der Waals surface area contributed by atoms with E-state index in [1.54, 1.807) is 15.8 Å². The third-order valence-corrected chi connectivity index (χ3v) is 4.91. The van der Waals surface area contributed by atoms with E-state index in [2.05, 4.69) is 4.90 Å². The molecule has 0 spiro atoms. The van der Waals surface area contributed by atoms with Crippen molar-refractivity contribution in [1.29, 1.82) is 0 Å². The van der Waals surface area contributed by atoms with Crippen LogP contribution in [0.15, 0.2) is 23.1 Å². The normalized spacial score (nSPS) is 19.7. The Morgan fingerprint density at radius 3 is 2.67 bits per heavy atom. The predicted molar refractivity (Wildman–Crippen MR) is 90.8 cm³/mol. The van der Waals surface area contributed by atoms with Crippen LogP contribution in [0.25, 0.3) is 10.9 Å². The first-order valence-electron chi connectivity index (χ1n) is 8.09. The molecule has 2 aliphatic rings. The zero-order valence-corrected chi connectivity index (χ0v) is 13.7. The van der Waals surface area contributed by atoms with Crippen LogP contribution in [0.3, 0.4) is 0 Å². The molecule has 1 fully saturated rings. The maximum absolute atomic E-state index is 12.6. The van der Waals surface area contributed by atoms with Gasteiger partial charge in [-0.3, -0.25) is 14.5 Å². The van der Waals surface area contributed by atoms with Gasteiger partial charge in [-0.2, -0.15) is 0 Å². The second kappa shape index (κ2) is 5.15. The van der Waals surface area contributed by atoms with Crippen LogP contribution >= 0.6 is 0 Å². The van der Waals surface area contributed by atoms with Gasteiger partial charge in [0.05, 0.1) is 11.1 Å². The van der Waals surface area contributed by atoms with E-state index in [4.69, 9.17) is 4.74 Å². The Kier molecular flexibility index (Phi) is 3.19. The number of carbonyl (C=O) groups is 1. The smallest absolute Gasteiger partial charge is 0.341 e. The van der Waals surface area contributed by atoms with Gasteiger partial charge in [0.15, 0.2) is 12.0 Å². The Morgan fingerprint density at radius 1 is 1.29 bits per heavy atom. The minimum atomic E-state index is -1.22. The first-order valence-corrected chi connectivity index (χ1v) is 8.09. The van der Waals surface area contributed by atoms with E-state index in [0.29, 0.717) is 16.7 Å². The van der Waals surface area contributed by atoms with Crippen molar-refractivity contribution in [1.82, 2.24) is 4.68 Å². The first-order chi connectivity index (χ1) is 11.5. The second-order valence-electron chi connectivity index (χ2n) is 6.32. The highest BCUT2D eigenvalue weighted by atomic mass is 16.5. The molecule has 2 aliphatic heterocycles. The average molecular weight is 329 g/mol. The number of ether oxygens (including phenoxy) is 1. The average Bonchev–Trinajstić information content (AvgIpc) is 3.08. The fraction of sp³-hybridized carbons (Fsp3) is 0.412. The van der Waals surface area contributed by atoms with Crippen molar-refractivity contribution in [2.75, 3.05) is 30.0 Å². The highest BCUT2D eigenvalue weighted by Crippen LogP contribution is 2.39. The molecule has 7 nitrogen and oxygen atoms in total. The molecule has 24 heavy (non-hydrogen) atoms. The number of carboxylic acids is 1. The molecule has 1 atom stereocenters. The van der Waals surface area contributed by atoms with E-state index < -0.39 is 11.4 Å². The lowest BCUT2D eigenvalue weighted by molar-refractivity contribution is 0.0694. The summed E-state index contributed by atoms with van der Waals surface area (Å²) in [4.78, 5) is 26.2. The quantitative estimate of drug-likeness (QED) is 0.902.